The van der Waals surface area contributed by atoms with Crippen molar-refractivity contribution >= 4 is 16.6 Å². The molecule has 1 aromatic heterocycles. The average Bonchev–Trinajstić information content (AvgIpc) is 2.93. The van der Waals surface area contributed by atoms with Gasteiger partial charge in [0.25, 0.3) is 0 Å². The third kappa shape index (κ3) is 8.61. The number of fused-ring (bicyclic) bond motifs is 1. The predicted molar refractivity (Wildman–Crippen MR) is 161 cm³/mol. The van der Waals surface area contributed by atoms with Crippen LogP contribution >= 0.6 is 0 Å². The van der Waals surface area contributed by atoms with Crippen LogP contribution in [0.25, 0.3) is 21.9 Å². The summed E-state index contributed by atoms with van der Waals surface area (Å²) in [6, 6.07) is 27.7. The van der Waals surface area contributed by atoms with Gasteiger partial charge >= 0.3 is 0 Å². The van der Waals surface area contributed by atoms with E-state index in [9.17, 15) is 9.90 Å². The fraction of sp³-hybridized carbons (Fsp3) is 0.314. The number of aliphatic hydroxyl groups excluding tert-OH is 1. The topological polar surface area (TPSA) is 59.4 Å². The van der Waals surface area contributed by atoms with Crippen molar-refractivity contribution in [3.8, 4) is 22.8 Å². The maximum Gasteiger partial charge on any atom is 0.224 e. The average molecular weight is 715 g/mol. The Morgan fingerprint density at radius 2 is 1.52 bits per heavy atom. The number of carbonyl (C=O) groups excluding carboxylic acids is 1. The molecule has 213 valence electrons. The van der Waals surface area contributed by atoms with Gasteiger partial charge in [-0.1, -0.05) is 97.0 Å². The second-order valence-corrected chi connectivity index (χ2v) is 11.1. The quantitative estimate of drug-likeness (QED) is 0.112. The molecule has 4 aromatic rings. The Morgan fingerprint density at radius 3 is 2.17 bits per heavy atom. The summed E-state index contributed by atoms with van der Waals surface area (Å²) in [5.74, 6) is 1.48. The number of rotatable bonds is 8. The van der Waals surface area contributed by atoms with Gasteiger partial charge in [-0.15, -0.1) is 17.7 Å². The molecule has 0 fully saturated rings. The van der Waals surface area contributed by atoms with Crippen LogP contribution in [0.5, 0.6) is 11.6 Å². The van der Waals surface area contributed by atoms with Crippen molar-refractivity contribution in [3.63, 3.8) is 0 Å². The first-order valence-corrected chi connectivity index (χ1v) is 13.5. The Morgan fingerprint density at radius 1 is 0.900 bits per heavy atom. The fourth-order valence-corrected chi connectivity index (χ4v) is 3.68. The van der Waals surface area contributed by atoms with Gasteiger partial charge in [0, 0.05) is 54.3 Å². The largest absolute Gasteiger partial charge is 0.512 e. The van der Waals surface area contributed by atoms with Gasteiger partial charge in [-0.25, -0.2) is 4.98 Å². The van der Waals surface area contributed by atoms with Gasteiger partial charge in [0.2, 0.25) is 5.88 Å². The van der Waals surface area contributed by atoms with Crippen molar-refractivity contribution in [2.45, 2.75) is 61.3 Å². The molecule has 0 aliphatic heterocycles. The second kappa shape index (κ2) is 14.4. The number of aromatic nitrogens is 1. The van der Waals surface area contributed by atoms with Crippen molar-refractivity contribution in [2.24, 2.45) is 10.8 Å². The fourth-order valence-electron chi connectivity index (χ4n) is 3.68. The van der Waals surface area contributed by atoms with E-state index in [1.807, 2.05) is 97.0 Å². The van der Waals surface area contributed by atoms with Crippen LogP contribution in [0, 0.1) is 23.8 Å². The predicted octanol–water partition coefficient (Wildman–Crippen LogP) is 9.67. The zero-order chi connectivity index (χ0) is 28.6. The second-order valence-electron chi connectivity index (χ2n) is 11.1. The van der Waals surface area contributed by atoms with Crippen LogP contribution in [0.3, 0.4) is 0 Å². The van der Waals surface area contributed by atoms with Crippen LogP contribution in [0.4, 0.5) is 0 Å². The third-order valence-electron chi connectivity index (χ3n) is 7.33. The smallest absolute Gasteiger partial charge is 0.224 e. The van der Waals surface area contributed by atoms with Gasteiger partial charge in [0.1, 0.15) is 5.76 Å². The minimum absolute atomic E-state index is 0. The van der Waals surface area contributed by atoms with E-state index in [-0.39, 0.29) is 42.5 Å². The van der Waals surface area contributed by atoms with Gasteiger partial charge in [-0.3, -0.25) is 4.79 Å². The summed E-state index contributed by atoms with van der Waals surface area (Å²) in [4.78, 5) is 16.2. The van der Waals surface area contributed by atoms with Crippen molar-refractivity contribution in [3.05, 3.63) is 102 Å². The summed E-state index contributed by atoms with van der Waals surface area (Å²) in [6.45, 7) is 13.7. The van der Waals surface area contributed by atoms with Crippen molar-refractivity contribution in [1.29, 1.82) is 0 Å². The molecule has 3 aromatic carbocycles. The van der Waals surface area contributed by atoms with Crippen LogP contribution in [-0.4, -0.2) is 15.9 Å². The van der Waals surface area contributed by atoms with Crippen LogP contribution in [0.2, 0.25) is 0 Å². The molecule has 0 unspecified atom stereocenters. The van der Waals surface area contributed by atoms with Gasteiger partial charge in [0.05, 0.1) is 0 Å². The monoisotopic (exact) mass is 715 g/mol. The molecule has 5 heteroatoms. The Kier molecular flexibility index (Phi) is 11.8. The maximum absolute atomic E-state index is 11.8. The molecule has 0 saturated carbocycles. The normalized spacial score (nSPS) is 11.7. The molecule has 4 rings (SSSR count). The number of hydrogen-bond acceptors (Lipinski definition) is 4. The van der Waals surface area contributed by atoms with Gasteiger partial charge in [-0.05, 0) is 35.9 Å². The SMILES string of the molecule is CCC(C)(C)C(=O)/C=C(\O)C(C)(C)CC.Cc1[c-]c(Oc2nccc3ccccc23)cc(-c2ccccc2)c1.[Ir]. The summed E-state index contributed by atoms with van der Waals surface area (Å²) in [5, 5.41) is 12.0. The molecular formula is C35H40IrNO3-. The van der Waals surface area contributed by atoms with E-state index in [2.05, 4.69) is 35.3 Å². The minimum Gasteiger partial charge on any atom is -0.512 e. The first kappa shape index (κ1) is 32.9. The van der Waals surface area contributed by atoms with E-state index in [1.54, 1.807) is 6.20 Å². The number of ketones is 1. The number of allylic oxidation sites excluding steroid dienone is 2. The van der Waals surface area contributed by atoms with E-state index in [0.29, 0.717) is 11.6 Å². The number of hydrogen-bond donors (Lipinski definition) is 1. The van der Waals surface area contributed by atoms with Crippen LogP contribution in [0.1, 0.15) is 59.9 Å². The Balaban J connectivity index is 0.000000307. The standard InChI is InChI=1S/C22H16NO.C13H24O2.Ir/c1-16-13-19(17-7-3-2-4-8-17)15-20(14-16)24-22-21-10-6-5-9-18(21)11-12-23-22;1-7-12(3,4)10(14)9-11(15)13(5,6)8-2;/h2-13,15H,1H3;9,14H,7-8H2,1-6H3;/q-1;;/b;10-9-;. The molecule has 1 N–H and O–H groups in total. The third-order valence-corrected chi connectivity index (χ3v) is 7.33. The molecule has 1 heterocycles. The Hall–Kier alpha value is -3.27. The van der Waals surface area contributed by atoms with Crippen LogP contribution in [-0.2, 0) is 24.9 Å². The van der Waals surface area contributed by atoms with E-state index >= 15 is 0 Å². The maximum atomic E-state index is 11.8. The Bertz CT molecular complexity index is 1440. The zero-order valence-electron chi connectivity index (χ0n) is 24.5. The van der Waals surface area contributed by atoms with Gasteiger partial charge < -0.3 is 9.84 Å². The number of benzene rings is 3. The molecule has 1 radical (unpaired) electrons. The molecule has 0 bridgehead atoms. The molecule has 4 nitrogen and oxygen atoms in total. The number of pyridine rings is 1. The molecule has 0 aliphatic carbocycles. The van der Waals surface area contributed by atoms with E-state index < -0.39 is 0 Å². The van der Waals surface area contributed by atoms with Gasteiger partial charge in [-0.2, -0.15) is 11.6 Å². The number of aliphatic hydroxyl groups is 1. The molecule has 0 amide bonds. The summed E-state index contributed by atoms with van der Waals surface area (Å²) < 4.78 is 6.07. The van der Waals surface area contributed by atoms with Crippen molar-refractivity contribution in [2.75, 3.05) is 0 Å². The molecule has 0 atom stereocenters. The van der Waals surface area contributed by atoms with E-state index in [4.69, 9.17) is 4.74 Å². The summed E-state index contributed by atoms with van der Waals surface area (Å²) in [7, 11) is 0. The first-order chi connectivity index (χ1) is 18.5. The van der Waals surface area contributed by atoms with Crippen LogP contribution < -0.4 is 4.74 Å². The summed E-state index contributed by atoms with van der Waals surface area (Å²) in [6.07, 6.45) is 4.76. The van der Waals surface area contributed by atoms with E-state index in [0.717, 1.165) is 40.3 Å². The molecule has 0 aliphatic rings. The van der Waals surface area contributed by atoms with E-state index in [1.165, 1.54) is 6.08 Å². The number of aryl methyl sites for hydroxylation is 1. The van der Waals surface area contributed by atoms with Crippen LogP contribution in [0.15, 0.2) is 90.8 Å². The molecular weight excluding hydrogens is 675 g/mol. The Labute approximate surface area is 252 Å². The zero-order valence-corrected chi connectivity index (χ0v) is 26.9. The number of nitrogens with zero attached hydrogens (tertiary/aromatic N) is 1. The van der Waals surface area contributed by atoms with Gasteiger partial charge in [0.15, 0.2) is 5.78 Å². The number of ether oxygens (including phenoxy) is 1. The molecule has 0 spiro atoms. The summed E-state index contributed by atoms with van der Waals surface area (Å²) >= 11 is 0. The first-order valence-electron chi connectivity index (χ1n) is 13.5. The molecule has 40 heavy (non-hydrogen) atoms. The number of carbonyl (C=O) groups is 1. The van der Waals surface area contributed by atoms with Crippen molar-refractivity contribution in [1.82, 2.24) is 4.98 Å². The van der Waals surface area contributed by atoms with Crippen molar-refractivity contribution < 1.29 is 34.7 Å². The minimum atomic E-state index is -0.377. The molecule has 0 saturated heterocycles. The summed E-state index contributed by atoms with van der Waals surface area (Å²) in [5.41, 5.74) is 2.62.